The fraction of sp³-hybridized carbons (Fsp3) is 0.154. The molecule has 1 N–H and O–H groups in total. The predicted octanol–water partition coefficient (Wildman–Crippen LogP) is 6.14. The Morgan fingerprint density at radius 3 is 2.69 bits per heavy atom. The van der Waals surface area contributed by atoms with Gasteiger partial charge in [0.25, 0.3) is 5.56 Å². The molecule has 0 unspecified atom stereocenters. The van der Waals surface area contributed by atoms with Crippen LogP contribution in [0.25, 0.3) is 20.4 Å². The Morgan fingerprint density at radius 2 is 1.94 bits per heavy atom. The van der Waals surface area contributed by atoms with E-state index in [9.17, 15) is 14.0 Å². The van der Waals surface area contributed by atoms with Crippen molar-refractivity contribution in [3.05, 3.63) is 93.1 Å². The van der Waals surface area contributed by atoms with Crippen molar-refractivity contribution in [1.29, 1.82) is 0 Å². The molecule has 2 aromatic carbocycles. The summed E-state index contributed by atoms with van der Waals surface area (Å²) in [5.41, 5.74) is 2.89. The molecule has 5 aromatic rings. The Hall–Kier alpha value is -3.27. The molecule has 1 amide bonds. The number of thioether (sulfide) groups is 1. The highest BCUT2D eigenvalue weighted by Crippen LogP contribution is 2.31. The van der Waals surface area contributed by atoms with Gasteiger partial charge in [-0.15, -0.1) is 11.3 Å². The first kappa shape index (κ1) is 24.4. The zero-order valence-electron chi connectivity index (χ0n) is 19.1. The largest absolute Gasteiger partial charge is 0.324 e. The normalized spacial score (nSPS) is 11.3. The number of carbonyl (C=O) groups is 1. The lowest BCUT2D eigenvalue weighted by Gasteiger charge is -2.13. The number of aromatic nitrogens is 3. The minimum atomic E-state index is -0.488. The minimum absolute atomic E-state index is 0.0132. The standard InChI is InChI=1S/C26H20ClFN4O2S2/c1-2-15-5-7-16(8-6-15)13-32-25(34)23-22(18-4-3-11-29-24(18)36-23)31-26(32)35-14-21(33)30-20-10-9-17(28)12-19(20)27/h3-12H,2,13-14H2,1H3,(H,30,33). The number of amides is 1. The number of nitrogens with zero attached hydrogens (tertiary/aromatic N) is 3. The molecule has 0 bridgehead atoms. The van der Waals surface area contributed by atoms with Gasteiger partial charge in [-0.05, 0) is 47.9 Å². The maximum absolute atomic E-state index is 13.6. The molecule has 0 spiro atoms. The average molecular weight is 539 g/mol. The third-order valence-corrected chi connectivity index (χ3v) is 8.01. The Bertz CT molecular complexity index is 1650. The SMILES string of the molecule is CCc1ccc(Cn2c(SCC(=O)Nc3ccc(F)cc3Cl)nc3c(sc4ncccc43)c2=O)cc1. The zero-order chi connectivity index (χ0) is 25.2. The van der Waals surface area contributed by atoms with Crippen LogP contribution in [0.3, 0.4) is 0 Å². The molecule has 0 aliphatic rings. The summed E-state index contributed by atoms with van der Waals surface area (Å²) in [6.45, 7) is 2.41. The van der Waals surface area contributed by atoms with Crippen molar-refractivity contribution in [3.63, 3.8) is 0 Å². The second kappa shape index (κ2) is 10.4. The molecule has 10 heteroatoms. The van der Waals surface area contributed by atoms with Gasteiger partial charge in [0.2, 0.25) is 5.91 Å². The highest BCUT2D eigenvalue weighted by molar-refractivity contribution is 7.99. The molecule has 182 valence electrons. The maximum atomic E-state index is 13.6. The van der Waals surface area contributed by atoms with Crippen molar-refractivity contribution >= 4 is 66.7 Å². The van der Waals surface area contributed by atoms with Crippen LogP contribution in [0.1, 0.15) is 18.1 Å². The first-order chi connectivity index (χ1) is 17.4. The summed E-state index contributed by atoms with van der Waals surface area (Å²) in [7, 11) is 0. The first-order valence-corrected chi connectivity index (χ1v) is 13.3. The van der Waals surface area contributed by atoms with Gasteiger partial charge in [-0.3, -0.25) is 14.2 Å². The van der Waals surface area contributed by atoms with E-state index >= 15 is 0 Å². The van der Waals surface area contributed by atoms with Crippen molar-refractivity contribution in [3.8, 4) is 0 Å². The Morgan fingerprint density at radius 1 is 1.17 bits per heavy atom. The molecule has 6 nitrogen and oxygen atoms in total. The van der Waals surface area contributed by atoms with E-state index in [0.29, 0.717) is 27.6 Å². The van der Waals surface area contributed by atoms with Gasteiger partial charge < -0.3 is 5.32 Å². The number of carbonyl (C=O) groups excluding carboxylic acids is 1. The zero-order valence-corrected chi connectivity index (χ0v) is 21.5. The van der Waals surface area contributed by atoms with Crippen LogP contribution >= 0.6 is 34.7 Å². The Balaban J connectivity index is 1.49. The molecule has 0 atom stereocenters. The van der Waals surface area contributed by atoms with E-state index in [1.54, 1.807) is 10.8 Å². The highest BCUT2D eigenvalue weighted by Gasteiger charge is 2.18. The number of halogens is 2. The van der Waals surface area contributed by atoms with E-state index in [1.165, 1.54) is 29.0 Å². The van der Waals surface area contributed by atoms with Crippen molar-refractivity contribution < 1.29 is 9.18 Å². The fourth-order valence-corrected chi connectivity index (χ4v) is 5.80. The number of fused-ring (bicyclic) bond motifs is 3. The summed E-state index contributed by atoms with van der Waals surface area (Å²) in [6.07, 6.45) is 2.61. The second-order valence-electron chi connectivity index (χ2n) is 8.05. The van der Waals surface area contributed by atoms with Crippen molar-refractivity contribution in [2.24, 2.45) is 0 Å². The maximum Gasteiger partial charge on any atom is 0.272 e. The molecule has 36 heavy (non-hydrogen) atoms. The molecular formula is C26H20ClFN4O2S2. The van der Waals surface area contributed by atoms with Crippen LogP contribution in [0.5, 0.6) is 0 Å². The Labute approximate surface area is 219 Å². The molecule has 0 saturated carbocycles. The highest BCUT2D eigenvalue weighted by atomic mass is 35.5. The number of hydrogen-bond donors (Lipinski definition) is 1. The first-order valence-electron chi connectivity index (χ1n) is 11.2. The quantitative estimate of drug-likeness (QED) is 0.199. The van der Waals surface area contributed by atoms with Gasteiger partial charge in [0.1, 0.15) is 15.3 Å². The van der Waals surface area contributed by atoms with Gasteiger partial charge in [-0.1, -0.05) is 54.6 Å². The van der Waals surface area contributed by atoms with Crippen LogP contribution in [0.2, 0.25) is 5.02 Å². The lowest BCUT2D eigenvalue weighted by Crippen LogP contribution is -2.24. The molecular weight excluding hydrogens is 519 g/mol. The third kappa shape index (κ3) is 5.00. The summed E-state index contributed by atoms with van der Waals surface area (Å²) in [5, 5.41) is 4.02. The summed E-state index contributed by atoms with van der Waals surface area (Å²) in [6, 6.07) is 15.6. The van der Waals surface area contributed by atoms with Gasteiger partial charge in [-0.2, -0.15) is 0 Å². The number of aryl methyl sites for hydroxylation is 1. The number of benzene rings is 2. The van der Waals surface area contributed by atoms with E-state index in [0.717, 1.165) is 40.0 Å². The Kier molecular flexibility index (Phi) is 7.04. The van der Waals surface area contributed by atoms with Gasteiger partial charge >= 0.3 is 0 Å². The number of nitrogens with one attached hydrogen (secondary N) is 1. The molecule has 5 rings (SSSR count). The monoisotopic (exact) mass is 538 g/mol. The van der Waals surface area contributed by atoms with Gasteiger partial charge in [-0.25, -0.2) is 14.4 Å². The fourth-order valence-electron chi connectivity index (χ4n) is 3.76. The molecule has 3 aromatic heterocycles. The van der Waals surface area contributed by atoms with E-state index in [2.05, 4.69) is 17.2 Å². The molecule has 0 fully saturated rings. The molecule has 3 heterocycles. The summed E-state index contributed by atoms with van der Waals surface area (Å²) in [5.74, 6) is -0.849. The van der Waals surface area contributed by atoms with Crippen LogP contribution in [-0.4, -0.2) is 26.2 Å². The molecule has 0 radical (unpaired) electrons. The molecule has 0 aliphatic heterocycles. The van der Waals surface area contributed by atoms with Crippen LogP contribution < -0.4 is 10.9 Å². The van der Waals surface area contributed by atoms with E-state index in [4.69, 9.17) is 16.6 Å². The number of anilines is 1. The lowest BCUT2D eigenvalue weighted by atomic mass is 10.1. The van der Waals surface area contributed by atoms with Crippen molar-refractivity contribution in [2.45, 2.75) is 25.0 Å². The number of thiophene rings is 1. The average Bonchev–Trinajstić information content (AvgIpc) is 3.26. The van der Waals surface area contributed by atoms with Gasteiger partial charge in [0.05, 0.1) is 28.5 Å². The number of pyridine rings is 1. The van der Waals surface area contributed by atoms with E-state index < -0.39 is 5.82 Å². The van der Waals surface area contributed by atoms with Gasteiger partial charge in [0, 0.05) is 11.6 Å². The second-order valence-corrected chi connectivity index (χ2v) is 10.4. The topological polar surface area (TPSA) is 76.9 Å². The number of hydrogen-bond acceptors (Lipinski definition) is 6. The van der Waals surface area contributed by atoms with Crippen LogP contribution in [0.15, 0.2) is 70.7 Å². The third-order valence-electron chi connectivity index (χ3n) is 5.63. The van der Waals surface area contributed by atoms with Crippen LogP contribution in [-0.2, 0) is 17.8 Å². The summed E-state index contributed by atoms with van der Waals surface area (Å²) < 4.78 is 15.5. The van der Waals surface area contributed by atoms with Crippen molar-refractivity contribution in [2.75, 3.05) is 11.1 Å². The molecule has 0 saturated heterocycles. The molecule has 0 aliphatic carbocycles. The van der Waals surface area contributed by atoms with Crippen LogP contribution in [0.4, 0.5) is 10.1 Å². The van der Waals surface area contributed by atoms with E-state index in [-0.39, 0.29) is 22.2 Å². The summed E-state index contributed by atoms with van der Waals surface area (Å²) >= 11 is 8.51. The predicted molar refractivity (Wildman–Crippen MR) is 145 cm³/mol. The van der Waals surface area contributed by atoms with E-state index in [1.807, 2.05) is 36.4 Å². The summed E-state index contributed by atoms with van der Waals surface area (Å²) in [4.78, 5) is 36.2. The lowest BCUT2D eigenvalue weighted by molar-refractivity contribution is -0.113. The minimum Gasteiger partial charge on any atom is -0.324 e. The number of rotatable bonds is 7. The van der Waals surface area contributed by atoms with Crippen LogP contribution in [0, 0.1) is 5.82 Å². The van der Waals surface area contributed by atoms with Gasteiger partial charge in [0.15, 0.2) is 5.16 Å². The van der Waals surface area contributed by atoms with Crippen molar-refractivity contribution in [1.82, 2.24) is 14.5 Å². The smallest absolute Gasteiger partial charge is 0.272 e.